The van der Waals surface area contributed by atoms with Crippen LogP contribution in [0.3, 0.4) is 0 Å². The molecule has 0 unspecified atom stereocenters. The molecule has 1 aliphatic carbocycles. The number of carbonyl (C=O) groups excluding carboxylic acids is 3. The molecule has 4 rings (SSSR count). The Bertz CT molecular complexity index is 1250. The highest BCUT2D eigenvalue weighted by Crippen LogP contribution is 2.44. The first-order chi connectivity index (χ1) is 20.4. The van der Waals surface area contributed by atoms with Crippen molar-refractivity contribution < 1.29 is 28.6 Å². The lowest BCUT2D eigenvalue weighted by molar-refractivity contribution is -0.150. The van der Waals surface area contributed by atoms with Gasteiger partial charge in [0.25, 0.3) is 0 Å². The molecule has 234 valence electrons. The Hall–Kier alpha value is -3.59. The highest BCUT2D eigenvalue weighted by Gasteiger charge is 2.42. The maximum atomic E-state index is 13.0. The van der Waals surface area contributed by atoms with Crippen molar-refractivity contribution in [2.24, 2.45) is 5.92 Å². The van der Waals surface area contributed by atoms with Crippen LogP contribution in [0.4, 0.5) is 4.79 Å². The number of esters is 1. The van der Waals surface area contributed by atoms with E-state index in [2.05, 4.69) is 66.8 Å². The molecule has 9 heteroatoms. The van der Waals surface area contributed by atoms with Crippen LogP contribution < -0.4 is 10.1 Å². The highest BCUT2D eigenvalue weighted by molar-refractivity contribution is 5.88. The van der Waals surface area contributed by atoms with Crippen LogP contribution in [-0.4, -0.2) is 79.8 Å². The second kappa shape index (κ2) is 13.8. The minimum atomic E-state index is -0.782. The number of methoxy groups -OCH3 is 1. The number of ether oxygens (including phenoxy) is 3. The summed E-state index contributed by atoms with van der Waals surface area (Å²) in [7, 11) is 5.68. The number of amides is 2. The molecule has 9 nitrogen and oxygen atoms in total. The summed E-state index contributed by atoms with van der Waals surface area (Å²) in [6, 6.07) is 18.2. The fourth-order valence-electron chi connectivity index (χ4n) is 6.45. The first-order valence-corrected chi connectivity index (χ1v) is 15.2. The smallest absolute Gasteiger partial charge is 0.408 e. The van der Waals surface area contributed by atoms with E-state index < -0.39 is 29.6 Å². The van der Waals surface area contributed by atoms with Gasteiger partial charge in [-0.1, -0.05) is 42.5 Å². The fourth-order valence-corrected chi connectivity index (χ4v) is 6.45. The van der Waals surface area contributed by atoms with Gasteiger partial charge in [0.15, 0.2) is 0 Å². The molecule has 1 aliphatic heterocycles. The van der Waals surface area contributed by atoms with Gasteiger partial charge >= 0.3 is 12.1 Å². The SMILES string of the molecule is COC(=O)[C@@H]1C[C@H](Oc2cccc(C[C@H]3CC[C@](c4ccccc4)(N(C)C)CC3)c2)CN1C(=O)CNC(=O)OC(C)(C)C. The van der Waals surface area contributed by atoms with Crippen molar-refractivity contribution in [2.75, 3.05) is 34.3 Å². The van der Waals surface area contributed by atoms with Crippen LogP contribution in [0.2, 0.25) is 0 Å². The summed E-state index contributed by atoms with van der Waals surface area (Å²) in [5.41, 5.74) is 2.01. The highest BCUT2D eigenvalue weighted by atomic mass is 16.6. The van der Waals surface area contributed by atoms with Crippen LogP contribution in [0.15, 0.2) is 54.6 Å². The predicted molar refractivity (Wildman–Crippen MR) is 165 cm³/mol. The molecular formula is C34H47N3O6. The summed E-state index contributed by atoms with van der Waals surface area (Å²) in [6.07, 6.45) is 4.75. The van der Waals surface area contributed by atoms with E-state index in [4.69, 9.17) is 14.2 Å². The number of rotatable bonds is 9. The molecule has 0 aromatic heterocycles. The monoisotopic (exact) mass is 593 g/mol. The van der Waals surface area contributed by atoms with Crippen molar-refractivity contribution in [3.8, 4) is 5.75 Å². The predicted octanol–water partition coefficient (Wildman–Crippen LogP) is 4.92. The van der Waals surface area contributed by atoms with Crippen molar-refractivity contribution >= 4 is 18.0 Å². The van der Waals surface area contributed by atoms with Gasteiger partial charge in [-0.15, -0.1) is 0 Å². The summed E-state index contributed by atoms with van der Waals surface area (Å²) in [5, 5.41) is 2.48. The molecular weight excluding hydrogens is 546 g/mol. The van der Waals surface area contributed by atoms with Gasteiger partial charge in [-0.2, -0.15) is 0 Å². The molecule has 0 bridgehead atoms. The zero-order valence-electron chi connectivity index (χ0n) is 26.4. The van der Waals surface area contributed by atoms with Gasteiger partial charge in [-0.25, -0.2) is 9.59 Å². The molecule has 2 aromatic carbocycles. The number of alkyl carbamates (subject to hydrolysis) is 1. The van der Waals surface area contributed by atoms with Gasteiger partial charge in [0.1, 0.15) is 30.0 Å². The van der Waals surface area contributed by atoms with E-state index in [1.54, 1.807) is 20.8 Å². The third-order valence-corrected chi connectivity index (χ3v) is 8.66. The summed E-state index contributed by atoms with van der Waals surface area (Å²) < 4.78 is 16.5. The van der Waals surface area contributed by atoms with Crippen molar-refractivity contribution in [3.05, 3.63) is 65.7 Å². The lowest BCUT2D eigenvalue weighted by Gasteiger charge is -2.45. The minimum Gasteiger partial charge on any atom is -0.488 e. The average molecular weight is 594 g/mol. The lowest BCUT2D eigenvalue weighted by atomic mass is 9.70. The Balaban J connectivity index is 1.35. The van der Waals surface area contributed by atoms with Crippen LogP contribution in [0.5, 0.6) is 5.75 Å². The molecule has 43 heavy (non-hydrogen) atoms. The molecule has 1 N–H and O–H groups in total. The third kappa shape index (κ3) is 8.28. The molecule has 2 aromatic rings. The van der Waals surface area contributed by atoms with Crippen molar-refractivity contribution in [1.29, 1.82) is 0 Å². The number of likely N-dealkylation sites (tertiary alicyclic amines) is 1. The first-order valence-electron chi connectivity index (χ1n) is 15.2. The van der Waals surface area contributed by atoms with Gasteiger partial charge in [-0.05, 0) is 96.1 Å². The fraction of sp³-hybridized carbons (Fsp3) is 0.559. The molecule has 2 amide bonds. The quantitative estimate of drug-likeness (QED) is 0.412. The molecule has 2 atom stereocenters. The summed E-state index contributed by atoms with van der Waals surface area (Å²) in [6.45, 7) is 5.17. The molecule has 1 heterocycles. The normalized spacial score (nSPS) is 24.0. The van der Waals surface area contributed by atoms with E-state index in [1.807, 2.05) is 12.1 Å². The average Bonchev–Trinajstić information content (AvgIpc) is 3.39. The molecule has 2 fully saturated rings. The number of benzene rings is 2. The largest absolute Gasteiger partial charge is 0.488 e. The molecule has 1 saturated heterocycles. The number of hydrogen-bond acceptors (Lipinski definition) is 7. The third-order valence-electron chi connectivity index (χ3n) is 8.66. The number of hydrogen-bond donors (Lipinski definition) is 1. The maximum absolute atomic E-state index is 13.0. The van der Waals surface area contributed by atoms with Gasteiger partial charge < -0.3 is 24.4 Å². The van der Waals surface area contributed by atoms with Crippen molar-refractivity contribution in [2.45, 2.75) is 82.6 Å². The van der Waals surface area contributed by atoms with Crippen molar-refractivity contribution in [1.82, 2.24) is 15.1 Å². The lowest BCUT2D eigenvalue weighted by Crippen LogP contribution is -2.46. The van der Waals surface area contributed by atoms with Gasteiger partial charge in [-0.3, -0.25) is 9.69 Å². The van der Waals surface area contributed by atoms with Crippen LogP contribution in [0.1, 0.15) is 64.0 Å². The molecule has 1 saturated carbocycles. The maximum Gasteiger partial charge on any atom is 0.408 e. The number of carbonyl (C=O) groups is 3. The molecule has 2 aliphatic rings. The Morgan fingerprint density at radius 1 is 1.02 bits per heavy atom. The zero-order chi connectivity index (χ0) is 31.2. The van der Waals surface area contributed by atoms with Crippen LogP contribution in [0, 0.1) is 5.92 Å². The molecule has 0 radical (unpaired) electrons. The summed E-state index contributed by atoms with van der Waals surface area (Å²) >= 11 is 0. The topological polar surface area (TPSA) is 97.4 Å². The number of nitrogens with zero attached hydrogens (tertiary/aromatic N) is 2. The van der Waals surface area contributed by atoms with E-state index in [0.29, 0.717) is 12.3 Å². The van der Waals surface area contributed by atoms with Crippen LogP contribution in [-0.2, 0) is 31.0 Å². The minimum absolute atomic E-state index is 0.0765. The second-order valence-electron chi connectivity index (χ2n) is 13.0. The first kappa shape index (κ1) is 32.3. The molecule has 0 spiro atoms. The Morgan fingerprint density at radius 3 is 2.35 bits per heavy atom. The Morgan fingerprint density at radius 2 is 1.72 bits per heavy atom. The van der Waals surface area contributed by atoms with Gasteiger partial charge in [0, 0.05) is 12.0 Å². The van der Waals surface area contributed by atoms with Crippen molar-refractivity contribution in [3.63, 3.8) is 0 Å². The van der Waals surface area contributed by atoms with Gasteiger partial charge in [0.05, 0.1) is 13.7 Å². The summed E-state index contributed by atoms with van der Waals surface area (Å²) in [5.74, 6) is 0.401. The Kier molecular flexibility index (Phi) is 10.4. The van der Waals surface area contributed by atoms with E-state index in [1.165, 1.54) is 23.1 Å². The van der Waals surface area contributed by atoms with E-state index >= 15 is 0 Å². The van der Waals surface area contributed by atoms with Gasteiger partial charge in [0.2, 0.25) is 5.91 Å². The van der Waals surface area contributed by atoms with E-state index in [-0.39, 0.29) is 24.7 Å². The van der Waals surface area contributed by atoms with E-state index in [9.17, 15) is 14.4 Å². The zero-order valence-corrected chi connectivity index (χ0v) is 26.4. The van der Waals surface area contributed by atoms with E-state index in [0.717, 1.165) is 37.9 Å². The van der Waals surface area contributed by atoms with Crippen LogP contribution >= 0.6 is 0 Å². The van der Waals surface area contributed by atoms with Crippen LogP contribution in [0.25, 0.3) is 0 Å². The standard InChI is InChI=1S/C34H47N3O6/c1-33(2,3)43-32(40)35-22-30(38)37-23-28(21-29(37)31(39)41-6)42-27-14-10-11-25(20-27)19-24-15-17-34(18-16-24,36(4)5)26-12-8-7-9-13-26/h7-14,20,24,28-29H,15-19,21-23H2,1-6H3,(H,35,40)/t24-,28-,29-,34-/m0/s1. The Labute approximate surface area is 255 Å². The number of nitrogens with one attached hydrogen (secondary N) is 1. The summed E-state index contributed by atoms with van der Waals surface area (Å²) in [4.78, 5) is 41.3. The second-order valence-corrected chi connectivity index (χ2v) is 13.0.